The first-order valence-corrected chi connectivity index (χ1v) is 6.10. The maximum Gasteiger partial charge on any atom is 0.137 e. The molecule has 4 nitrogen and oxygen atoms in total. The minimum Gasteiger partial charge on any atom is -0.389 e. The fraction of sp³-hybridized carbons (Fsp3) is 0.636. The van der Waals surface area contributed by atoms with Crippen LogP contribution in [-0.2, 0) is 7.05 Å². The van der Waals surface area contributed by atoms with E-state index in [0.717, 1.165) is 30.2 Å². The van der Waals surface area contributed by atoms with Crippen LogP contribution in [0.2, 0.25) is 0 Å². The first-order valence-electron chi connectivity index (χ1n) is 5.69. The summed E-state index contributed by atoms with van der Waals surface area (Å²) >= 11 is 5.12. The minimum atomic E-state index is 0.450. The predicted octanol–water partition coefficient (Wildman–Crippen LogP) is 1.35. The highest BCUT2D eigenvalue weighted by atomic mass is 32.1. The van der Waals surface area contributed by atoms with E-state index in [1.54, 1.807) is 0 Å². The molecule has 0 aliphatic carbocycles. The molecule has 1 saturated heterocycles. The molecule has 0 atom stereocenters. The number of nitrogens with two attached hydrogens (primary N) is 1. The maximum atomic E-state index is 5.79. The Morgan fingerprint density at radius 3 is 2.50 bits per heavy atom. The van der Waals surface area contributed by atoms with Crippen LogP contribution in [0.3, 0.4) is 0 Å². The third kappa shape index (κ3) is 1.91. The molecule has 5 heteroatoms. The zero-order valence-electron chi connectivity index (χ0n) is 9.86. The maximum absolute atomic E-state index is 5.79. The number of piperidine rings is 1. The topological polar surface area (TPSA) is 47.1 Å². The monoisotopic (exact) mass is 238 g/mol. The van der Waals surface area contributed by atoms with Crippen molar-refractivity contribution < 1.29 is 0 Å². The molecule has 16 heavy (non-hydrogen) atoms. The van der Waals surface area contributed by atoms with E-state index in [9.17, 15) is 0 Å². The number of hydrogen-bond acceptors (Lipinski definition) is 3. The van der Waals surface area contributed by atoms with Crippen molar-refractivity contribution in [2.24, 2.45) is 12.8 Å². The van der Waals surface area contributed by atoms with Crippen LogP contribution >= 0.6 is 12.2 Å². The molecule has 1 fully saturated rings. The quantitative estimate of drug-likeness (QED) is 0.790. The first-order chi connectivity index (χ1) is 7.61. The number of rotatable bonds is 2. The molecule has 2 heterocycles. The van der Waals surface area contributed by atoms with Crippen molar-refractivity contribution in [2.75, 3.05) is 18.0 Å². The van der Waals surface area contributed by atoms with Crippen molar-refractivity contribution in [3.8, 4) is 0 Å². The van der Waals surface area contributed by atoms with Crippen LogP contribution in [0.5, 0.6) is 0 Å². The summed E-state index contributed by atoms with van der Waals surface area (Å²) in [5, 5.41) is 4.41. The highest BCUT2D eigenvalue weighted by molar-refractivity contribution is 7.80. The molecule has 1 aliphatic rings. The lowest BCUT2D eigenvalue weighted by Gasteiger charge is -2.29. The Morgan fingerprint density at radius 2 is 1.94 bits per heavy atom. The number of aromatic nitrogens is 2. The van der Waals surface area contributed by atoms with Crippen LogP contribution in [0.4, 0.5) is 5.82 Å². The molecule has 1 aromatic rings. The zero-order valence-corrected chi connectivity index (χ0v) is 10.7. The van der Waals surface area contributed by atoms with Crippen molar-refractivity contribution in [1.29, 1.82) is 0 Å². The second kappa shape index (κ2) is 4.41. The number of hydrogen-bond donors (Lipinski definition) is 1. The molecule has 0 saturated carbocycles. The molecule has 1 aliphatic heterocycles. The van der Waals surface area contributed by atoms with Crippen LogP contribution in [0.15, 0.2) is 0 Å². The van der Waals surface area contributed by atoms with Crippen molar-refractivity contribution in [2.45, 2.75) is 26.2 Å². The Labute approximate surface area is 101 Å². The third-order valence-electron chi connectivity index (χ3n) is 3.09. The standard InChI is InChI=1S/C11H18N4S/c1-8-9(10(12)16)11(14(2)13-8)15-6-4-3-5-7-15/h3-7H2,1-2H3,(H2,12,16). The van der Waals surface area contributed by atoms with E-state index in [1.165, 1.54) is 19.3 Å². The van der Waals surface area contributed by atoms with Crippen LogP contribution in [0.25, 0.3) is 0 Å². The fourth-order valence-electron chi connectivity index (χ4n) is 2.40. The normalized spacial score (nSPS) is 16.5. The van der Waals surface area contributed by atoms with Crippen LogP contribution in [0.1, 0.15) is 30.5 Å². The Morgan fingerprint density at radius 1 is 1.31 bits per heavy atom. The van der Waals surface area contributed by atoms with Crippen molar-refractivity contribution in [3.05, 3.63) is 11.3 Å². The smallest absolute Gasteiger partial charge is 0.137 e. The van der Waals surface area contributed by atoms with Crippen LogP contribution in [0, 0.1) is 6.92 Å². The Hall–Kier alpha value is -1.10. The van der Waals surface area contributed by atoms with Crippen molar-refractivity contribution in [3.63, 3.8) is 0 Å². The van der Waals surface area contributed by atoms with Crippen LogP contribution in [-0.4, -0.2) is 27.9 Å². The summed E-state index contributed by atoms with van der Waals surface area (Å²) in [6.45, 7) is 4.12. The van der Waals surface area contributed by atoms with E-state index in [0.29, 0.717) is 4.99 Å². The van der Waals surface area contributed by atoms with Gasteiger partial charge in [-0.25, -0.2) is 0 Å². The highest BCUT2D eigenvalue weighted by Gasteiger charge is 2.22. The molecule has 0 amide bonds. The van der Waals surface area contributed by atoms with Gasteiger partial charge in [0.1, 0.15) is 10.8 Å². The lowest BCUT2D eigenvalue weighted by Crippen LogP contribution is -2.32. The van der Waals surface area contributed by atoms with Gasteiger partial charge < -0.3 is 10.6 Å². The van der Waals surface area contributed by atoms with Crippen molar-refractivity contribution in [1.82, 2.24) is 9.78 Å². The molecule has 0 bridgehead atoms. The number of nitrogens with zero attached hydrogens (tertiary/aromatic N) is 3. The second-order valence-corrected chi connectivity index (χ2v) is 4.76. The van der Waals surface area contributed by atoms with E-state index in [1.807, 2.05) is 18.7 Å². The Balaban J connectivity index is 2.41. The minimum absolute atomic E-state index is 0.450. The van der Waals surface area contributed by atoms with Gasteiger partial charge in [0.25, 0.3) is 0 Å². The summed E-state index contributed by atoms with van der Waals surface area (Å²) in [5.74, 6) is 1.09. The predicted molar refractivity (Wildman–Crippen MR) is 69.9 cm³/mol. The third-order valence-corrected chi connectivity index (χ3v) is 3.30. The molecule has 1 aromatic heterocycles. The number of aryl methyl sites for hydroxylation is 2. The van der Waals surface area contributed by atoms with Gasteiger partial charge in [-0.3, -0.25) is 4.68 Å². The van der Waals surface area contributed by atoms with Gasteiger partial charge in [-0.05, 0) is 26.2 Å². The summed E-state index contributed by atoms with van der Waals surface area (Å²) in [6.07, 6.45) is 3.79. The van der Waals surface area contributed by atoms with Gasteiger partial charge in [-0.2, -0.15) is 5.10 Å². The SMILES string of the molecule is Cc1nn(C)c(N2CCCCC2)c1C(N)=S. The molecular formula is C11H18N4S. The van der Waals surface area contributed by atoms with Gasteiger partial charge in [0.2, 0.25) is 0 Å². The first kappa shape index (κ1) is 11.4. The summed E-state index contributed by atoms with van der Waals surface area (Å²) in [6, 6.07) is 0. The Kier molecular flexibility index (Phi) is 3.14. The molecular weight excluding hydrogens is 220 g/mol. The fourth-order valence-corrected chi connectivity index (χ4v) is 2.64. The molecule has 88 valence electrons. The van der Waals surface area contributed by atoms with E-state index in [4.69, 9.17) is 18.0 Å². The Bertz CT molecular complexity index is 404. The van der Waals surface area contributed by atoms with E-state index >= 15 is 0 Å². The lowest BCUT2D eigenvalue weighted by atomic mass is 10.1. The molecule has 2 N–H and O–H groups in total. The summed E-state index contributed by atoms with van der Waals surface area (Å²) < 4.78 is 1.90. The van der Waals surface area contributed by atoms with E-state index in [-0.39, 0.29) is 0 Å². The average Bonchev–Trinajstić information content (AvgIpc) is 2.55. The molecule has 0 aromatic carbocycles. The largest absolute Gasteiger partial charge is 0.389 e. The average molecular weight is 238 g/mol. The zero-order chi connectivity index (χ0) is 11.7. The summed E-state index contributed by atoms with van der Waals surface area (Å²) in [4.78, 5) is 2.80. The van der Waals surface area contributed by atoms with Gasteiger partial charge in [-0.1, -0.05) is 12.2 Å². The van der Waals surface area contributed by atoms with Gasteiger partial charge in [0.05, 0.1) is 11.3 Å². The number of thiocarbonyl (C=S) groups is 1. The summed E-state index contributed by atoms with van der Waals surface area (Å²) in [5.41, 5.74) is 7.66. The van der Waals surface area contributed by atoms with Crippen molar-refractivity contribution >= 4 is 23.0 Å². The summed E-state index contributed by atoms with van der Waals surface area (Å²) in [7, 11) is 1.96. The highest BCUT2D eigenvalue weighted by Crippen LogP contribution is 2.25. The molecule has 0 unspecified atom stereocenters. The lowest BCUT2D eigenvalue weighted by molar-refractivity contribution is 0.561. The second-order valence-electron chi connectivity index (χ2n) is 4.32. The molecule has 0 spiro atoms. The van der Waals surface area contributed by atoms with Gasteiger partial charge in [0, 0.05) is 20.1 Å². The molecule has 2 rings (SSSR count). The van der Waals surface area contributed by atoms with E-state index in [2.05, 4.69) is 10.00 Å². The van der Waals surface area contributed by atoms with Gasteiger partial charge >= 0.3 is 0 Å². The van der Waals surface area contributed by atoms with Crippen LogP contribution < -0.4 is 10.6 Å². The molecule has 0 radical (unpaired) electrons. The number of anilines is 1. The van der Waals surface area contributed by atoms with Gasteiger partial charge in [0.15, 0.2) is 0 Å². The van der Waals surface area contributed by atoms with Gasteiger partial charge in [-0.15, -0.1) is 0 Å². The van der Waals surface area contributed by atoms with E-state index < -0.39 is 0 Å².